The molecule has 6 nitrogen and oxygen atoms in total. The summed E-state index contributed by atoms with van der Waals surface area (Å²) < 4.78 is 45.5. The van der Waals surface area contributed by atoms with Crippen LogP contribution in [0, 0.1) is 5.82 Å². The Bertz CT molecular complexity index is 1000. The van der Waals surface area contributed by atoms with Crippen LogP contribution in [0.4, 0.5) is 10.1 Å². The maximum absolute atomic E-state index is 13.6. The number of hydrogen-bond acceptors (Lipinski definition) is 4. The minimum atomic E-state index is -3.75. The number of hydrogen-bond donors (Lipinski definition) is 2. The number of benzene rings is 2. The summed E-state index contributed by atoms with van der Waals surface area (Å²) in [4.78, 5) is 12.2. The maximum Gasteiger partial charge on any atom is 0.255 e. The summed E-state index contributed by atoms with van der Waals surface area (Å²) in [6, 6.07) is 14.4. The fourth-order valence-corrected chi connectivity index (χ4v) is 3.20. The minimum Gasteiger partial charge on any atom is -0.468 e. The van der Waals surface area contributed by atoms with Gasteiger partial charge in [0, 0.05) is 5.56 Å². The number of carbonyl (C=O) groups is 1. The number of para-hydroxylation sites is 1. The monoisotopic (exact) mass is 374 g/mol. The zero-order valence-electron chi connectivity index (χ0n) is 13.5. The van der Waals surface area contributed by atoms with Crippen molar-refractivity contribution in [2.75, 3.05) is 5.32 Å². The first-order chi connectivity index (χ1) is 12.5. The quantitative estimate of drug-likeness (QED) is 0.694. The molecule has 0 aliphatic rings. The molecule has 1 amide bonds. The van der Waals surface area contributed by atoms with Crippen LogP contribution in [0.15, 0.2) is 76.2 Å². The van der Waals surface area contributed by atoms with Gasteiger partial charge in [-0.25, -0.2) is 17.5 Å². The average molecular weight is 374 g/mol. The smallest absolute Gasteiger partial charge is 0.255 e. The third kappa shape index (κ3) is 4.16. The lowest BCUT2D eigenvalue weighted by molar-refractivity contribution is 0.102. The van der Waals surface area contributed by atoms with Gasteiger partial charge in [0.2, 0.25) is 10.0 Å². The highest BCUT2D eigenvalue weighted by atomic mass is 32.2. The van der Waals surface area contributed by atoms with E-state index in [1.165, 1.54) is 48.7 Å². The van der Waals surface area contributed by atoms with Gasteiger partial charge in [0.1, 0.15) is 11.6 Å². The summed E-state index contributed by atoms with van der Waals surface area (Å²) >= 11 is 0. The van der Waals surface area contributed by atoms with Crippen LogP contribution in [0.25, 0.3) is 0 Å². The number of sulfonamides is 1. The molecule has 134 valence electrons. The summed E-state index contributed by atoms with van der Waals surface area (Å²) in [5.74, 6) is -0.612. The standard InChI is InChI=1S/C18H15FN2O4S/c19-16-5-1-2-6-17(16)21-18(22)13-7-9-15(10-8-13)26(23,24)20-12-14-4-3-11-25-14/h1-11,20H,12H2,(H,21,22). The Balaban J connectivity index is 1.69. The van der Waals surface area contributed by atoms with Crippen LogP contribution in [0.3, 0.4) is 0 Å². The van der Waals surface area contributed by atoms with Crippen molar-refractivity contribution in [2.45, 2.75) is 11.4 Å². The predicted molar refractivity (Wildman–Crippen MR) is 93.5 cm³/mol. The van der Waals surface area contributed by atoms with E-state index < -0.39 is 21.7 Å². The number of anilines is 1. The molecule has 2 N–H and O–H groups in total. The van der Waals surface area contributed by atoms with Crippen molar-refractivity contribution in [1.29, 1.82) is 0 Å². The summed E-state index contributed by atoms with van der Waals surface area (Å²) in [5, 5.41) is 2.44. The molecule has 2 aromatic carbocycles. The van der Waals surface area contributed by atoms with Gasteiger partial charge < -0.3 is 9.73 Å². The molecular formula is C18H15FN2O4S. The Morgan fingerprint density at radius 3 is 2.38 bits per heavy atom. The van der Waals surface area contributed by atoms with Gasteiger partial charge in [-0.1, -0.05) is 12.1 Å². The van der Waals surface area contributed by atoms with Crippen molar-refractivity contribution in [1.82, 2.24) is 4.72 Å². The second-order valence-corrected chi connectivity index (χ2v) is 7.13. The van der Waals surface area contributed by atoms with Crippen LogP contribution in [-0.2, 0) is 16.6 Å². The molecule has 1 aromatic heterocycles. The zero-order valence-corrected chi connectivity index (χ0v) is 14.3. The summed E-state index contributed by atoms with van der Waals surface area (Å²) in [6.45, 7) is 0.0187. The van der Waals surface area contributed by atoms with E-state index in [4.69, 9.17) is 4.42 Å². The first-order valence-corrected chi connectivity index (χ1v) is 9.12. The lowest BCUT2D eigenvalue weighted by Crippen LogP contribution is -2.23. The van der Waals surface area contributed by atoms with E-state index >= 15 is 0 Å². The summed E-state index contributed by atoms with van der Waals surface area (Å²) in [5.41, 5.74) is 0.257. The van der Waals surface area contributed by atoms with Gasteiger partial charge in [-0.3, -0.25) is 4.79 Å². The molecular weight excluding hydrogens is 359 g/mol. The molecule has 0 unspecified atom stereocenters. The Labute approximate surface area is 149 Å². The predicted octanol–water partition coefficient (Wildman–Crippen LogP) is 3.15. The highest BCUT2D eigenvalue weighted by Crippen LogP contribution is 2.16. The van der Waals surface area contributed by atoms with E-state index in [0.717, 1.165) is 0 Å². The van der Waals surface area contributed by atoms with Crippen molar-refractivity contribution in [3.8, 4) is 0 Å². The molecule has 3 aromatic rings. The van der Waals surface area contributed by atoms with Crippen LogP contribution in [0.1, 0.15) is 16.1 Å². The molecule has 8 heteroatoms. The summed E-state index contributed by atoms with van der Waals surface area (Å²) in [7, 11) is -3.75. The van der Waals surface area contributed by atoms with Crippen LogP contribution in [0.5, 0.6) is 0 Å². The minimum absolute atomic E-state index is 0.00602. The molecule has 0 atom stereocenters. The largest absolute Gasteiger partial charge is 0.468 e. The van der Waals surface area contributed by atoms with Gasteiger partial charge in [-0.15, -0.1) is 0 Å². The van der Waals surface area contributed by atoms with Crippen molar-refractivity contribution in [3.05, 3.63) is 84.1 Å². The van der Waals surface area contributed by atoms with E-state index in [9.17, 15) is 17.6 Å². The number of halogens is 1. The zero-order chi connectivity index (χ0) is 18.6. The van der Waals surface area contributed by atoms with Crippen molar-refractivity contribution in [2.24, 2.45) is 0 Å². The second kappa shape index (κ2) is 7.51. The van der Waals surface area contributed by atoms with Crippen LogP contribution in [0.2, 0.25) is 0 Å². The molecule has 0 aliphatic carbocycles. The van der Waals surface area contributed by atoms with Gasteiger partial charge in [-0.2, -0.15) is 0 Å². The SMILES string of the molecule is O=C(Nc1ccccc1F)c1ccc(S(=O)(=O)NCc2ccco2)cc1. The highest BCUT2D eigenvalue weighted by Gasteiger charge is 2.16. The van der Waals surface area contributed by atoms with Crippen molar-refractivity contribution < 1.29 is 22.0 Å². The Hall–Kier alpha value is -2.97. The Morgan fingerprint density at radius 2 is 1.73 bits per heavy atom. The first kappa shape index (κ1) is 17.8. The maximum atomic E-state index is 13.6. The number of carbonyl (C=O) groups excluding carboxylic acids is 1. The van der Waals surface area contributed by atoms with Gasteiger partial charge in [0.25, 0.3) is 5.91 Å². The Kier molecular flexibility index (Phi) is 5.15. The van der Waals surface area contributed by atoms with Crippen LogP contribution in [-0.4, -0.2) is 14.3 Å². The van der Waals surface area contributed by atoms with Crippen LogP contribution >= 0.6 is 0 Å². The number of furan rings is 1. The fraction of sp³-hybridized carbons (Fsp3) is 0.0556. The van der Waals surface area contributed by atoms with Crippen molar-refractivity contribution >= 4 is 21.6 Å². The molecule has 0 fully saturated rings. The Morgan fingerprint density at radius 1 is 1.00 bits per heavy atom. The highest BCUT2D eigenvalue weighted by molar-refractivity contribution is 7.89. The molecule has 0 aliphatic heterocycles. The normalized spacial score (nSPS) is 11.3. The number of amides is 1. The molecule has 0 saturated carbocycles. The summed E-state index contributed by atoms with van der Waals surface area (Å²) in [6.07, 6.45) is 1.45. The molecule has 26 heavy (non-hydrogen) atoms. The first-order valence-electron chi connectivity index (χ1n) is 7.64. The van der Waals surface area contributed by atoms with Gasteiger partial charge in [0.05, 0.1) is 23.4 Å². The van der Waals surface area contributed by atoms with E-state index in [2.05, 4.69) is 10.0 Å². The molecule has 0 radical (unpaired) electrons. The lowest BCUT2D eigenvalue weighted by Gasteiger charge is -2.08. The third-order valence-electron chi connectivity index (χ3n) is 3.57. The lowest BCUT2D eigenvalue weighted by atomic mass is 10.2. The van der Waals surface area contributed by atoms with Gasteiger partial charge >= 0.3 is 0 Å². The average Bonchev–Trinajstić information content (AvgIpc) is 3.16. The molecule has 3 rings (SSSR count). The third-order valence-corrected chi connectivity index (χ3v) is 4.98. The number of rotatable bonds is 6. The van der Waals surface area contributed by atoms with Gasteiger partial charge in [0.15, 0.2) is 0 Å². The molecule has 1 heterocycles. The van der Waals surface area contributed by atoms with E-state index in [-0.39, 0.29) is 22.7 Å². The molecule has 0 saturated heterocycles. The van der Waals surface area contributed by atoms with E-state index in [0.29, 0.717) is 5.76 Å². The van der Waals surface area contributed by atoms with Gasteiger partial charge in [-0.05, 0) is 48.5 Å². The van der Waals surface area contributed by atoms with E-state index in [1.807, 2.05) is 0 Å². The topological polar surface area (TPSA) is 88.4 Å². The van der Waals surface area contributed by atoms with Crippen molar-refractivity contribution in [3.63, 3.8) is 0 Å². The van der Waals surface area contributed by atoms with Crippen LogP contribution < -0.4 is 10.0 Å². The molecule has 0 spiro atoms. The van der Waals surface area contributed by atoms with E-state index in [1.54, 1.807) is 18.2 Å². The second-order valence-electron chi connectivity index (χ2n) is 5.36. The number of nitrogens with one attached hydrogen (secondary N) is 2. The fourth-order valence-electron chi connectivity index (χ4n) is 2.21. The molecule has 0 bridgehead atoms.